The molecule has 2 atom stereocenters. The van der Waals surface area contributed by atoms with Gasteiger partial charge in [0.2, 0.25) is 0 Å². The Kier molecular flexibility index (Phi) is 7.20. The lowest BCUT2D eigenvalue weighted by molar-refractivity contribution is 0.131. The van der Waals surface area contributed by atoms with Crippen molar-refractivity contribution in [2.75, 3.05) is 13.1 Å². The lowest BCUT2D eigenvalue weighted by Gasteiger charge is -2.17. The van der Waals surface area contributed by atoms with Crippen LogP contribution in [0.3, 0.4) is 0 Å². The predicted octanol–water partition coefficient (Wildman–Crippen LogP) is 2.84. The van der Waals surface area contributed by atoms with Crippen molar-refractivity contribution in [3.63, 3.8) is 0 Å². The van der Waals surface area contributed by atoms with E-state index < -0.39 is 6.10 Å². The molecule has 1 aromatic rings. The highest BCUT2D eigenvalue weighted by Crippen LogP contribution is 2.18. The summed E-state index contributed by atoms with van der Waals surface area (Å²) in [5.74, 6) is 0.991. The van der Waals surface area contributed by atoms with Gasteiger partial charge in [0.25, 0.3) is 0 Å². The molecule has 3 nitrogen and oxygen atoms in total. The molecule has 3 N–H and O–H groups in total. The summed E-state index contributed by atoms with van der Waals surface area (Å²) in [6.45, 7) is 9.49. The summed E-state index contributed by atoms with van der Waals surface area (Å²) in [5.41, 5.74) is 2.20. The quantitative estimate of drug-likeness (QED) is 0.686. The second-order valence-electron chi connectivity index (χ2n) is 6.28. The maximum absolute atomic E-state index is 10.1. The number of aliphatic hydroxyl groups is 2. The molecule has 114 valence electrons. The number of benzene rings is 1. The molecule has 0 spiro atoms. The fraction of sp³-hybridized carbons (Fsp3) is 0.647. The van der Waals surface area contributed by atoms with E-state index in [9.17, 15) is 10.2 Å². The van der Waals surface area contributed by atoms with Crippen molar-refractivity contribution in [3.8, 4) is 0 Å². The summed E-state index contributed by atoms with van der Waals surface area (Å²) < 4.78 is 0. The molecule has 0 aliphatic carbocycles. The van der Waals surface area contributed by atoms with Crippen LogP contribution in [-0.4, -0.2) is 29.4 Å². The molecule has 0 heterocycles. The van der Waals surface area contributed by atoms with Crippen molar-refractivity contribution < 1.29 is 10.2 Å². The Balaban J connectivity index is 2.37. The zero-order valence-electron chi connectivity index (χ0n) is 13.1. The first-order valence-corrected chi connectivity index (χ1v) is 7.56. The highest BCUT2D eigenvalue weighted by atomic mass is 16.3. The van der Waals surface area contributed by atoms with Gasteiger partial charge in [0, 0.05) is 13.1 Å². The molecule has 0 radical (unpaired) electrons. The van der Waals surface area contributed by atoms with Crippen LogP contribution < -0.4 is 5.32 Å². The zero-order chi connectivity index (χ0) is 15.1. The van der Waals surface area contributed by atoms with Gasteiger partial charge in [-0.1, -0.05) is 52.0 Å². The topological polar surface area (TPSA) is 52.5 Å². The fourth-order valence-corrected chi connectivity index (χ4v) is 2.24. The minimum Gasteiger partial charge on any atom is -0.392 e. The van der Waals surface area contributed by atoms with Crippen molar-refractivity contribution in [3.05, 3.63) is 35.4 Å². The molecule has 0 aromatic heterocycles. The SMILES string of the molecule is CC(C)CC(O)CNCC(O)c1ccc(C(C)C)cc1. The fourth-order valence-electron chi connectivity index (χ4n) is 2.24. The summed E-state index contributed by atoms with van der Waals surface area (Å²) >= 11 is 0. The Morgan fingerprint density at radius 3 is 1.95 bits per heavy atom. The molecular formula is C17H29NO2. The molecule has 0 bridgehead atoms. The zero-order valence-corrected chi connectivity index (χ0v) is 13.1. The van der Waals surface area contributed by atoms with E-state index in [0.29, 0.717) is 24.9 Å². The third kappa shape index (κ3) is 6.04. The summed E-state index contributed by atoms with van der Waals surface area (Å²) in [4.78, 5) is 0. The summed E-state index contributed by atoms with van der Waals surface area (Å²) in [6, 6.07) is 8.09. The first-order valence-electron chi connectivity index (χ1n) is 7.56. The first kappa shape index (κ1) is 17.2. The van der Waals surface area contributed by atoms with Crippen LogP contribution in [0.25, 0.3) is 0 Å². The van der Waals surface area contributed by atoms with Crippen LogP contribution in [0.4, 0.5) is 0 Å². The summed E-state index contributed by atoms with van der Waals surface area (Å²) in [6.07, 6.45) is -0.0837. The van der Waals surface area contributed by atoms with Crippen molar-refractivity contribution in [1.82, 2.24) is 5.32 Å². The van der Waals surface area contributed by atoms with Gasteiger partial charge in [0.05, 0.1) is 12.2 Å². The Hall–Kier alpha value is -0.900. The number of rotatable bonds is 8. The molecule has 0 saturated heterocycles. The number of nitrogens with one attached hydrogen (secondary N) is 1. The van der Waals surface area contributed by atoms with Gasteiger partial charge in [-0.05, 0) is 29.4 Å². The molecule has 2 unspecified atom stereocenters. The van der Waals surface area contributed by atoms with E-state index in [4.69, 9.17) is 0 Å². The Morgan fingerprint density at radius 2 is 1.45 bits per heavy atom. The molecule has 0 fully saturated rings. The smallest absolute Gasteiger partial charge is 0.0914 e. The average Bonchev–Trinajstić information content (AvgIpc) is 2.37. The van der Waals surface area contributed by atoms with Crippen molar-refractivity contribution in [2.45, 2.75) is 52.2 Å². The normalized spacial score (nSPS) is 14.8. The lowest BCUT2D eigenvalue weighted by Crippen LogP contribution is -2.31. The molecular weight excluding hydrogens is 250 g/mol. The van der Waals surface area contributed by atoms with Crippen LogP contribution in [0.15, 0.2) is 24.3 Å². The second-order valence-corrected chi connectivity index (χ2v) is 6.28. The predicted molar refractivity (Wildman–Crippen MR) is 83.8 cm³/mol. The minimum absolute atomic E-state index is 0.342. The summed E-state index contributed by atoms with van der Waals surface area (Å²) in [5, 5.41) is 23.0. The van der Waals surface area contributed by atoms with Crippen molar-refractivity contribution >= 4 is 0 Å². The van der Waals surface area contributed by atoms with Crippen LogP contribution in [0.2, 0.25) is 0 Å². The van der Waals surface area contributed by atoms with E-state index in [0.717, 1.165) is 12.0 Å². The van der Waals surface area contributed by atoms with Gasteiger partial charge in [-0.25, -0.2) is 0 Å². The first-order chi connectivity index (χ1) is 9.40. The van der Waals surface area contributed by atoms with Crippen molar-refractivity contribution in [2.24, 2.45) is 5.92 Å². The molecule has 1 rings (SSSR count). The lowest BCUT2D eigenvalue weighted by atomic mass is 10.00. The molecule has 1 aromatic carbocycles. The second kappa shape index (κ2) is 8.40. The van der Waals surface area contributed by atoms with Crippen LogP contribution >= 0.6 is 0 Å². The highest BCUT2D eigenvalue weighted by molar-refractivity contribution is 5.26. The van der Waals surface area contributed by atoms with E-state index in [1.54, 1.807) is 0 Å². The van der Waals surface area contributed by atoms with Gasteiger partial charge in [-0.2, -0.15) is 0 Å². The minimum atomic E-state index is -0.525. The Bertz CT molecular complexity index is 373. The summed E-state index contributed by atoms with van der Waals surface area (Å²) in [7, 11) is 0. The van der Waals surface area contributed by atoms with Gasteiger partial charge in [0.15, 0.2) is 0 Å². The molecule has 0 amide bonds. The van der Waals surface area contributed by atoms with E-state index in [-0.39, 0.29) is 6.10 Å². The van der Waals surface area contributed by atoms with Gasteiger partial charge in [-0.15, -0.1) is 0 Å². The number of hydrogen-bond donors (Lipinski definition) is 3. The van der Waals surface area contributed by atoms with Gasteiger partial charge >= 0.3 is 0 Å². The third-order valence-electron chi connectivity index (χ3n) is 3.45. The molecule has 20 heavy (non-hydrogen) atoms. The highest BCUT2D eigenvalue weighted by Gasteiger charge is 2.10. The number of hydrogen-bond acceptors (Lipinski definition) is 3. The van der Waals surface area contributed by atoms with Crippen LogP contribution in [0.5, 0.6) is 0 Å². The Labute approximate surface area is 123 Å². The molecule has 0 saturated carbocycles. The molecule has 0 aliphatic heterocycles. The molecule has 3 heteroatoms. The standard InChI is InChI=1S/C17H29NO2/c1-12(2)9-16(19)10-18-11-17(20)15-7-5-14(6-8-15)13(3)4/h5-8,12-13,16-20H,9-11H2,1-4H3. The van der Waals surface area contributed by atoms with Gasteiger partial charge in [-0.3, -0.25) is 0 Å². The van der Waals surface area contributed by atoms with E-state index >= 15 is 0 Å². The van der Waals surface area contributed by atoms with Crippen LogP contribution in [-0.2, 0) is 0 Å². The van der Waals surface area contributed by atoms with Gasteiger partial charge < -0.3 is 15.5 Å². The molecule has 0 aliphatic rings. The number of aliphatic hydroxyl groups excluding tert-OH is 2. The van der Waals surface area contributed by atoms with Crippen molar-refractivity contribution in [1.29, 1.82) is 0 Å². The van der Waals surface area contributed by atoms with Crippen LogP contribution in [0, 0.1) is 5.92 Å². The third-order valence-corrected chi connectivity index (χ3v) is 3.45. The maximum Gasteiger partial charge on any atom is 0.0914 e. The van der Waals surface area contributed by atoms with E-state index in [2.05, 4.69) is 45.1 Å². The maximum atomic E-state index is 10.1. The average molecular weight is 279 g/mol. The van der Waals surface area contributed by atoms with E-state index in [1.165, 1.54) is 5.56 Å². The van der Waals surface area contributed by atoms with Gasteiger partial charge in [0.1, 0.15) is 0 Å². The Morgan fingerprint density at radius 1 is 0.900 bits per heavy atom. The van der Waals surface area contributed by atoms with Crippen LogP contribution in [0.1, 0.15) is 57.3 Å². The van der Waals surface area contributed by atoms with E-state index in [1.807, 2.05) is 12.1 Å². The largest absolute Gasteiger partial charge is 0.392 e. The monoisotopic (exact) mass is 279 g/mol.